The lowest BCUT2D eigenvalue weighted by Crippen LogP contribution is -2.08. The molecule has 0 bridgehead atoms. The number of anilines is 1. The smallest absolute Gasteiger partial charge is 0.315 e. The predicted molar refractivity (Wildman–Crippen MR) is 65.5 cm³/mol. The van der Waals surface area contributed by atoms with Crippen molar-refractivity contribution >= 4 is 6.01 Å². The van der Waals surface area contributed by atoms with Gasteiger partial charge in [0.05, 0.1) is 12.6 Å². The summed E-state index contributed by atoms with van der Waals surface area (Å²) in [5.41, 5.74) is 0.561. The molecule has 0 saturated carbocycles. The third-order valence-corrected chi connectivity index (χ3v) is 2.51. The van der Waals surface area contributed by atoms with Crippen molar-refractivity contribution in [1.82, 2.24) is 15.5 Å². The highest BCUT2D eigenvalue weighted by atomic mass is 19.1. The zero-order valence-electron chi connectivity index (χ0n) is 10.3. The van der Waals surface area contributed by atoms with Gasteiger partial charge in [-0.2, -0.15) is 0 Å². The number of hydrogen-bond donors (Lipinski definition) is 2. The van der Waals surface area contributed by atoms with Gasteiger partial charge in [0.25, 0.3) is 0 Å². The summed E-state index contributed by atoms with van der Waals surface area (Å²) in [5, 5.41) is 13.6. The van der Waals surface area contributed by atoms with Gasteiger partial charge in [-0.25, -0.2) is 4.39 Å². The molecule has 2 N–H and O–H groups in total. The van der Waals surface area contributed by atoms with E-state index in [9.17, 15) is 4.39 Å². The molecule has 2 rings (SSSR count). The molecule has 1 aromatic heterocycles. The Morgan fingerprint density at radius 2 is 2.11 bits per heavy atom. The summed E-state index contributed by atoms with van der Waals surface area (Å²) < 4.78 is 18.9. The van der Waals surface area contributed by atoms with E-state index in [1.807, 2.05) is 6.92 Å². The fourth-order valence-electron chi connectivity index (χ4n) is 1.62. The quantitative estimate of drug-likeness (QED) is 0.850. The third-order valence-electron chi connectivity index (χ3n) is 2.51. The van der Waals surface area contributed by atoms with Gasteiger partial charge in [-0.3, -0.25) is 0 Å². The molecule has 0 aliphatic carbocycles. The van der Waals surface area contributed by atoms with Gasteiger partial charge in [-0.1, -0.05) is 23.3 Å². The normalized spacial score (nSPS) is 12.4. The van der Waals surface area contributed by atoms with Crippen molar-refractivity contribution in [3.63, 3.8) is 0 Å². The van der Waals surface area contributed by atoms with Crippen molar-refractivity contribution in [2.24, 2.45) is 0 Å². The Labute approximate surface area is 104 Å². The van der Waals surface area contributed by atoms with E-state index in [0.29, 0.717) is 18.0 Å². The van der Waals surface area contributed by atoms with Crippen LogP contribution >= 0.6 is 0 Å². The molecule has 6 heteroatoms. The van der Waals surface area contributed by atoms with E-state index in [4.69, 9.17) is 4.42 Å². The number of aromatic nitrogens is 2. The van der Waals surface area contributed by atoms with E-state index in [-0.39, 0.29) is 17.9 Å². The van der Waals surface area contributed by atoms with Crippen LogP contribution in [-0.4, -0.2) is 17.2 Å². The molecule has 1 atom stereocenters. The van der Waals surface area contributed by atoms with Gasteiger partial charge in [-0.15, -0.1) is 5.10 Å². The second-order valence-corrected chi connectivity index (χ2v) is 3.92. The van der Waals surface area contributed by atoms with Crippen molar-refractivity contribution in [1.29, 1.82) is 0 Å². The Balaban J connectivity index is 2.06. The Kier molecular flexibility index (Phi) is 3.88. The second-order valence-electron chi connectivity index (χ2n) is 3.92. The summed E-state index contributed by atoms with van der Waals surface area (Å²) in [6.45, 7) is 2.34. The lowest BCUT2D eigenvalue weighted by molar-refractivity contribution is 0.485. The van der Waals surface area contributed by atoms with Gasteiger partial charge in [0.2, 0.25) is 5.89 Å². The van der Waals surface area contributed by atoms with E-state index >= 15 is 0 Å². The maximum absolute atomic E-state index is 13.6. The van der Waals surface area contributed by atoms with E-state index < -0.39 is 0 Å². The molecule has 0 spiro atoms. The van der Waals surface area contributed by atoms with Crippen LogP contribution in [0.5, 0.6) is 0 Å². The fourth-order valence-corrected chi connectivity index (χ4v) is 1.62. The van der Waals surface area contributed by atoms with Crippen molar-refractivity contribution in [3.8, 4) is 0 Å². The molecule has 0 aliphatic heterocycles. The van der Waals surface area contributed by atoms with Crippen molar-refractivity contribution in [2.75, 3.05) is 12.4 Å². The topological polar surface area (TPSA) is 63.0 Å². The predicted octanol–water partition coefficient (Wildman–Crippen LogP) is 2.10. The molecule has 0 radical (unpaired) electrons. The fraction of sp³-hybridized carbons (Fsp3) is 0.333. The molecule has 0 aliphatic rings. The molecule has 0 amide bonds. The van der Waals surface area contributed by atoms with E-state index in [2.05, 4.69) is 20.8 Å². The van der Waals surface area contributed by atoms with Crippen LogP contribution in [0.15, 0.2) is 28.7 Å². The minimum absolute atomic E-state index is 0.242. The maximum Gasteiger partial charge on any atom is 0.315 e. The number of rotatable bonds is 5. The average Bonchev–Trinajstić information content (AvgIpc) is 2.77. The van der Waals surface area contributed by atoms with E-state index in [1.54, 1.807) is 25.2 Å². The van der Waals surface area contributed by atoms with Crippen LogP contribution in [0.25, 0.3) is 0 Å². The molecule has 0 saturated heterocycles. The average molecular weight is 250 g/mol. The monoisotopic (exact) mass is 250 g/mol. The van der Waals surface area contributed by atoms with Crippen LogP contribution in [0.4, 0.5) is 10.4 Å². The highest BCUT2D eigenvalue weighted by Crippen LogP contribution is 2.20. The van der Waals surface area contributed by atoms with Crippen LogP contribution in [0.3, 0.4) is 0 Å². The summed E-state index contributed by atoms with van der Waals surface area (Å²) in [6.07, 6.45) is 0. The largest absolute Gasteiger partial charge is 0.407 e. The molecule has 18 heavy (non-hydrogen) atoms. The van der Waals surface area contributed by atoms with Crippen molar-refractivity contribution in [2.45, 2.75) is 19.5 Å². The zero-order chi connectivity index (χ0) is 13.0. The van der Waals surface area contributed by atoms with Crippen LogP contribution in [0.2, 0.25) is 0 Å². The first-order chi connectivity index (χ1) is 8.70. The molecule has 0 fully saturated rings. The lowest BCUT2D eigenvalue weighted by atomic mass is 10.1. The molecule has 1 unspecified atom stereocenters. The van der Waals surface area contributed by atoms with Gasteiger partial charge >= 0.3 is 6.01 Å². The first-order valence-corrected chi connectivity index (χ1v) is 5.68. The number of nitrogens with one attached hydrogen (secondary N) is 2. The molecule has 96 valence electrons. The summed E-state index contributed by atoms with van der Waals surface area (Å²) >= 11 is 0. The molecular formula is C12H15FN4O. The van der Waals surface area contributed by atoms with Crippen LogP contribution < -0.4 is 10.6 Å². The zero-order valence-corrected chi connectivity index (χ0v) is 10.3. The second kappa shape index (κ2) is 5.59. The lowest BCUT2D eigenvalue weighted by Gasteiger charge is -2.12. The van der Waals surface area contributed by atoms with E-state index in [0.717, 1.165) is 0 Å². The highest BCUT2D eigenvalue weighted by molar-refractivity contribution is 5.29. The number of nitrogens with zero attached hydrogens (tertiary/aromatic N) is 2. The van der Waals surface area contributed by atoms with E-state index in [1.165, 1.54) is 6.07 Å². The summed E-state index contributed by atoms with van der Waals surface area (Å²) in [6, 6.07) is 6.64. The Morgan fingerprint density at radius 1 is 1.33 bits per heavy atom. The van der Waals surface area contributed by atoms with Gasteiger partial charge in [0.1, 0.15) is 5.82 Å². The Bertz CT molecular complexity index is 514. The van der Waals surface area contributed by atoms with Crippen LogP contribution in [-0.2, 0) is 6.54 Å². The molecular weight excluding hydrogens is 235 g/mol. The first kappa shape index (κ1) is 12.5. The van der Waals surface area contributed by atoms with Crippen LogP contribution in [0, 0.1) is 5.82 Å². The van der Waals surface area contributed by atoms with Gasteiger partial charge in [-0.05, 0) is 20.0 Å². The SMILES string of the molecule is CNCc1nnc(NC(C)c2ccccc2F)o1. The van der Waals surface area contributed by atoms with Crippen molar-refractivity contribution in [3.05, 3.63) is 41.5 Å². The van der Waals surface area contributed by atoms with Gasteiger partial charge in [0.15, 0.2) is 0 Å². The van der Waals surface area contributed by atoms with Gasteiger partial charge < -0.3 is 15.1 Å². The molecule has 5 nitrogen and oxygen atoms in total. The first-order valence-electron chi connectivity index (χ1n) is 5.68. The summed E-state index contributed by atoms with van der Waals surface area (Å²) in [7, 11) is 1.79. The molecule has 1 heterocycles. The van der Waals surface area contributed by atoms with Crippen molar-refractivity contribution < 1.29 is 8.81 Å². The molecule has 2 aromatic rings. The summed E-state index contributed by atoms with van der Waals surface area (Å²) in [4.78, 5) is 0. The number of halogens is 1. The Morgan fingerprint density at radius 3 is 2.83 bits per heavy atom. The maximum atomic E-state index is 13.6. The molecule has 1 aromatic carbocycles. The minimum Gasteiger partial charge on any atom is -0.407 e. The third kappa shape index (κ3) is 2.84. The minimum atomic E-state index is -0.257. The highest BCUT2D eigenvalue weighted by Gasteiger charge is 2.13. The van der Waals surface area contributed by atoms with Gasteiger partial charge in [0, 0.05) is 5.56 Å². The standard InChI is InChI=1S/C12H15FN4O/c1-8(9-5-3-4-6-10(9)13)15-12-17-16-11(18-12)7-14-2/h3-6,8,14H,7H2,1-2H3,(H,15,17). The number of hydrogen-bond acceptors (Lipinski definition) is 5. The summed E-state index contributed by atoms with van der Waals surface area (Å²) in [5.74, 6) is 0.230. The number of benzene rings is 1. The van der Waals surface area contributed by atoms with Crippen LogP contribution in [0.1, 0.15) is 24.4 Å². The Hall–Kier alpha value is -1.95.